The Balaban J connectivity index is 1.74. The van der Waals surface area contributed by atoms with E-state index in [-0.39, 0.29) is 12.6 Å². The summed E-state index contributed by atoms with van der Waals surface area (Å²) in [6, 6.07) is 13.8. The molecular formula is C19H18N2O2S. The van der Waals surface area contributed by atoms with Crippen LogP contribution in [-0.4, -0.2) is 15.9 Å². The highest BCUT2D eigenvalue weighted by Crippen LogP contribution is 2.28. The standard InChI is InChI=1S/C19H18N2O2S/c1-3-14-7-9-15(10-8-14)18-21-13(2)17(24-18)19(22)23-12-16-6-4-5-11-20-16/h4-11H,3,12H2,1-2H3. The van der Waals surface area contributed by atoms with E-state index in [2.05, 4.69) is 29.0 Å². The first kappa shape index (κ1) is 16.3. The molecule has 4 nitrogen and oxygen atoms in total. The molecule has 5 heteroatoms. The van der Waals surface area contributed by atoms with Gasteiger partial charge in [-0.3, -0.25) is 4.98 Å². The van der Waals surface area contributed by atoms with E-state index in [1.54, 1.807) is 6.20 Å². The van der Waals surface area contributed by atoms with E-state index in [9.17, 15) is 4.79 Å². The van der Waals surface area contributed by atoms with Crippen LogP contribution < -0.4 is 0 Å². The monoisotopic (exact) mass is 338 g/mol. The van der Waals surface area contributed by atoms with Crippen molar-refractivity contribution in [3.05, 3.63) is 70.5 Å². The molecule has 2 aromatic heterocycles. The summed E-state index contributed by atoms with van der Waals surface area (Å²) in [7, 11) is 0. The number of aromatic nitrogens is 2. The summed E-state index contributed by atoms with van der Waals surface area (Å²) < 4.78 is 5.35. The molecule has 0 aliphatic carbocycles. The Morgan fingerprint density at radius 2 is 1.96 bits per heavy atom. The van der Waals surface area contributed by atoms with Gasteiger partial charge in [0, 0.05) is 11.8 Å². The number of carbonyl (C=O) groups excluding carboxylic acids is 1. The van der Waals surface area contributed by atoms with Gasteiger partial charge >= 0.3 is 5.97 Å². The molecule has 122 valence electrons. The van der Waals surface area contributed by atoms with Crippen molar-refractivity contribution in [2.45, 2.75) is 26.9 Å². The van der Waals surface area contributed by atoms with Crippen LogP contribution in [0.4, 0.5) is 0 Å². The largest absolute Gasteiger partial charge is 0.455 e. The predicted octanol–water partition coefficient (Wildman–Crippen LogP) is 4.43. The molecule has 0 bridgehead atoms. The highest BCUT2D eigenvalue weighted by molar-refractivity contribution is 7.17. The Bertz CT molecular complexity index is 826. The molecule has 1 aromatic carbocycles. The topological polar surface area (TPSA) is 52.1 Å². The number of esters is 1. The second-order valence-electron chi connectivity index (χ2n) is 5.38. The SMILES string of the molecule is CCc1ccc(-c2nc(C)c(C(=O)OCc3ccccn3)s2)cc1. The second kappa shape index (κ2) is 7.36. The summed E-state index contributed by atoms with van der Waals surface area (Å²) in [6.07, 6.45) is 2.68. The van der Waals surface area contributed by atoms with Gasteiger partial charge in [-0.1, -0.05) is 37.3 Å². The molecule has 0 radical (unpaired) electrons. The number of nitrogens with zero attached hydrogens (tertiary/aromatic N) is 2. The molecule has 0 atom stereocenters. The van der Waals surface area contributed by atoms with E-state index in [1.165, 1.54) is 16.9 Å². The fourth-order valence-electron chi connectivity index (χ4n) is 2.28. The minimum absolute atomic E-state index is 0.164. The van der Waals surface area contributed by atoms with Crippen LogP contribution >= 0.6 is 11.3 Å². The first-order valence-corrected chi connectivity index (χ1v) is 8.62. The number of hydrogen-bond acceptors (Lipinski definition) is 5. The number of rotatable bonds is 5. The molecule has 2 heterocycles. The molecule has 0 saturated heterocycles. The molecule has 24 heavy (non-hydrogen) atoms. The fourth-order valence-corrected chi connectivity index (χ4v) is 3.25. The van der Waals surface area contributed by atoms with Crippen molar-refractivity contribution in [1.82, 2.24) is 9.97 Å². The highest BCUT2D eigenvalue weighted by atomic mass is 32.1. The average Bonchev–Trinajstić information content (AvgIpc) is 3.02. The fraction of sp³-hybridized carbons (Fsp3) is 0.211. The normalized spacial score (nSPS) is 10.6. The quantitative estimate of drug-likeness (QED) is 0.646. The number of thiazole rings is 1. The Morgan fingerprint density at radius 1 is 1.17 bits per heavy atom. The van der Waals surface area contributed by atoms with E-state index in [1.807, 2.05) is 37.3 Å². The number of hydrogen-bond donors (Lipinski definition) is 0. The molecule has 0 N–H and O–H groups in total. The van der Waals surface area contributed by atoms with Crippen molar-refractivity contribution in [1.29, 1.82) is 0 Å². The van der Waals surface area contributed by atoms with Gasteiger partial charge in [0.1, 0.15) is 16.5 Å². The number of benzene rings is 1. The number of aryl methyl sites for hydroxylation is 2. The molecule has 0 unspecified atom stereocenters. The molecule has 3 aromatic rings. The van der Waals surface area contributed by atoms with Gasteiger partial charge < -0.3 is 4.74 Å². The van der Waals surface area contributed by atoms with Crippen molar-refractivity contribution >= 4 is 17.3 Å². The molecule has 3 rings (SSSR count). The van der Waals surface area contributed by atoms with Crippen molar-refractivity contribution in [3.63, 3.8) is 0 Å². The Kier molecular flexibility index (Phi) is 5.01. The molecular weight excluding hydrogens is 320 g/mol. The van der Waals surface area contributed by atoms with Crippen LogP contribution in [0.1, 0.15) is 33.5 Å². The van der Waals surface area contributed by atoms with Gasteiger partial charge in [-0.25, -0.2) is 9.78 Å². The van der Waals surface area contributed by atoms with E-state index in [0.29, 0.717) is 10.6 Å². The van der Waals surface area contributed by atoms with Crippen LogP contribution in [0.15, 0.2) is 48.7 Å². The summed E-state index contributed by atoms with van der Waals surface area (Å²) >= 11 is 1.36. The van der Waals surface area contributed by atoms with Gasteiger partial charge in [0.2, 0.25) is 0 Å². The molecule has 0 fully saturated rings. The number of pyridine rings is 1. The average molecular weight is 338 g/mol. The Hall–Kier alpha value is -2.53. The minimum Gasteiger partial charge on any atom is -0.455 e. The van der Waals surface area contributed by atoms with Crippen molar-refractivity contribution < 1.29 is 9.53 Å². The first-order chi connectivity index (χ1) is 11.7. The van der Waals surface area contributed by atoms with Crippen LogP contribution in [0, 0.1) is 6.92 Å². The van der Waals surface area contributed by atoms with Crippen LogP contribution in [0.25, 0.3) is 10.6 Å². The van der Waals surface area contributed by atoms with Crippen LogP contribution in [0.3, 0.4) is 0 Å². The smallest absolute Gasteiger partial charge is 0.350 e. The van der Waals surface area contributed by atoms with Crippen LogP contribution in [0.2, 0.25) is 0 Å². The number of ether oxygens (including phenoxy) is 1. The zero-order valence-electron chi connectivity index (χ0n) is 13.7. The Morgan fingerprint density at radius 3 is 2.62 bits per heavy atom. The maximum absolute atomic E-state index is 12.3. The van der Waals surface area contributed by atoms with Crippen molar-refractivity contribution in [3.8, 4) is 10.6 Å². The molecule has 0 saturated carbocycles. The summed E-state index contributed by atoms with van der Waals surface area (Å²) in [5.74, 6) is -0.355. The lowest BCUT2D eigenvalue weighted by atomic mass is 10.1. The maximum atomic E-state index is 12.3. The summed E-state index contributed by atoms with van der Waals surface area (Å²) in [4.78, 5) is 21.5. The van der Waals surface area contributed by atoms with E-state index >= 15 is 0 Å². The van der Waals surface area contributed by atoms with Crippen molar-refractivity contribution in [2.24, 2.45) is 0 Å². The van der Waals surface area contributed by atoms with Gasteiger partial charge in [0.15, 0.2) is 0 Å². The molecule has 0 amide bonds. The summed E-state index contributed by atoms with van der Waals surface area (Å²) in [6.45, 7) is 4.12. The van der Waals surface area contributed by atoms with E-state index in [4.69, 9.17) is 4.74 Å². The van der Waals surface area contributed by atoms with Gasteiger partial charge in [-0.15, -0.1) is 11.3 Å². The van der Waals surface area contributed by atoms with Crippen LogP contribution in [0.5, 0.6) is 0 Å². The van der Waals surface area contributed by atoms with Gasteiger partial charge in [0.05, 0.1) is 11.4 Å². The maximum Gasteiger partial charge on any atom is 0.350 e. The van der Waals surface area contributed by atoms with Gasteiger partial charge in [-0.2, -0.15) is 0 Å². The lowest BCUT2D eigenvalue weighted by Crippen LogP contribution is -2.05. The van der Waals surface area contributed by atoms with Gasteiger partial charge in [0.25, 0.3) is 0 Å². The second-order valence-corrected chi connectivity index (χ2v) is 6.38. The van der Waals surface area contributed by atoms with E-state index in [0.717, 1.165) is 22.7 Å². The highest BCUT2D eigenvalue weighted by Gasteiger charge is 2.17. The third-order valence-corrected chi connectivity index (χ3v) is 4.85. The third kappa shape index (κ3) is 3.68. The number of carbonyl (C=O) groups is 1. The molecule has 0 aliphatic heterocycles. The van der Waals surface area contributed by atoms with Crippen LogP contribution in [-0.2, 0) is 17.8 Å². The van der Waals surface area contributed by atoms with Gasteiger partial charge in [-0.05, 0) is 31.0 Å². The predicted molar refractivity (Wildman–Crippen MR) is 95.0 cm³/mol. The third-order valence-electron chi connectivity index (χ3n) is 3.67. The van der Waals surface area contributed by atoms with Crippen molar-refractivity contribution in [2.75, 3.05) is 0 Å². The first-order valence-electron chi connectivity index (χ1n) is 7.81. The Labute approximate surface area is 145 Å². The molecule has 0 aliphatic rings. The lowest BCUT2D eigenvalue weighted by molar-refractivity contribution is 0.0472. The lowest BCUT2D eigenvalue weighted by Gasteiger charge is -2.02. The minimum atomic E-state index is -0.355. The zero-order chi connectivity index (χ0) is 16.9. The van der Waals surface area contributed by atoms with E-state index < -0.39 is 0 Å². The molecule has 0 spiro atoms. The summed E-state index contributed by atoms with van der Waals surface area (Å²) in [5.41, 5.74) is 3.72. The summed E-state index contributed by atoms with van der Waals surface area (Å²) in [5, 5.41) is 0.833. The zero-order valence-corrected chi connectivity index (χ0v) is 14.5.